The van der Waals surface area contributed by atoms with Crippen LogP contribution in [0.5, 0.6) is 0 Å². The molecule has 5 heteroatoms. The van der Waals surface area contributed by atoms with Gasteiger partial charge in [0.2, 0.25) is 0 Å². The number of carboxylic acid groups (broad SMARTS) is 1. The van der Waals surface area contributed by atoms with Crippen molar-refractivity contribution in [3.05, 3.63) is 0 Å². The molecule has 16 heavy (non-hydrogen) atoms. The Hall–Kier alpha value is -0.940. The quantitative estimate of drug-likeness (QED) is 0.556. The minimum absolute atomic E-state index is 0.253. The van der Waals surface area contributed by atoms with Crippen LogP contribution in [-0.2, 0) is 9.59 Å². The van der Waals surface area contributed by atoms with E-state index in [0.29, 0.717) is 17.9 Å². The van der Waals surface area contributed by atoms with E-state index in [2.05, 4.69) is 0 Å². The number of rotatable bonds is 0. The fourth-order valence-electron chi connectivity index (χ4n) is 2.13. The Morgan fingerprint density at radius 2 is 1.50 bits per heavy atom. The Balaban J connectivity index is 0.000000487. The van der Waals surface area contributed by atoms with E-state index in [1.807, 2.05) is 27.7 Å². The van der Waals surface area contributed by atoms with Crippen LogP contribution in [0, 0.1) is 0 Å². The summed E-state index contributed by atoms with van der Waals surface area (Å²) in [5.41, 5.74) is -0.669. The molecule has 1 fully saturated rings. The Morgan fingerprint density at radius 3 is 1.75 bits per heavy atom. The van der Waals surface area contributed by atoms with Crippen molar-refractivity contribution in [2.24, 2.45) is 0 Å². The highest BCUT2D eigenvalue weighted by atomic mass is 16.5. The Morgan fingerprint density at radius 1 is 1.25 bits per heavy atom. The molecule has 1 aliphatic heterocycles. The van der Waals surface area contributed by atoms with E-state index >= 15 is 0 Å². The number of nitrogens with one attached hydrogen (secondary N) is 1. The first-order valence-electron chi connectivity index (χ1n) is 5.25. The number of hydrogen-bond donors (Lipinski definition) is 2. The summed E-state index contributed by atoms with van der Waals surface area (Å²) in [4.78, 5) is 20.2. The van der Waals surface area contributed by atoms with Gasteiger partial charge in [0.1, 0.15) is 16.9 Å². The first kappa shape index (κ1) is 15.1. The Labute approximate surface area is 96.0 Å². The zero-order chi connectivity index (χ0) is 13.1. The standard InChI is InChI=1S/C9H17NO2.C2H4O2/c1-8(2)5-7(11)6-9(3,4)10(8)12;1-2(3)4/h12H,5-6H2,1-4H3;1H3,(H,3,4). The molecule has 0 aromatic carbocycles. The van der Waals surface area contributed by atoms with Crippen molar-refractivity contribution in [3.8, 4) is 0 Å². The van der Waals surface area contributed by atoms with Crippen LogP contribution in [0.15, 0.2) is 0 Å². The van der Waals surface area contributed by atoms with Crippen molar-refractivity contribution in [2.45, 2.75) is 58.5 Å². The van der Waals surface area contributed by atoms with E-state index in [4.69, 9.17) is 9.90 Å². The second-order valence-electron chi connectivity index (χ2n) is 5.50. The molecule has 0 saturated carbocycles. The van der Waals surface area contributed by atoms with Gasteiger partial charge < -0.3 is 9.90 Å². The molecule has 1 saturated heterocycles. The van der Waals surface area contributed by atoms with Crippen LogP contribution in [0.2, 0.25) is 0 Å². The first-order valence-corrected chi connectivity index (χ1v) is 5.25. The number of aliphatic carboxylic acids is 1. The maximum atomic E-state index is 11.3. The molecule has 1 rings (SSSR count). The van der Waals surface area contributed by atoms with Gasteiger partial charge in [-0.1, -0.05) is 0 Å². The van der Waals surface area contributed by atoms with E-state index in [9.17, 15) is 10.0 Å². The van der Waals surface area contributed by atoms with Gasteiger partial charge in [-0.15, -0.1) is 0 Å². The number of quaternary nitrogens is 1. The molecule has 0 aromatic heterocycles. The molecule has 5 nitrogen and oxygen atoms in total. The van der Waals surface area contributed by atoms with Gasteiger partial charge in [0, 0.05) is 5.97 Å². The number of hydrogen-bond acceptors (Lipinski definition) is 4. The summed E-state index contributed by atoms with van der Waals surface area (Å²) in [7, 11) is 0. The third-order valence-electron chi connectivity index (χ3n) is 2.56. The number of ketones is 1. The van der Waals surface area contributed by atoms with Crippen LogP contribution in [0.25, 0.3) is 0 Å². The molecular weight excluding hydrogens is 210 g/mol. The lowest BCUT2D eigenvalue weighted by molar-refractivity contribution is -1.16. The molecule has 0 atom stereocenters. The molecule has 1 aliphatic rings. The average molecular weight is 231 g/mol. The lowest BCUT2D eigenvalue weighted by Crippen LogP contribution is -3.25. The van der Waals surface area contributed by atoms with Crippen molar-refractivity contribution >= 4 is 11.8 Å². The summed E-state index contributed by atoms with van der Waals surface area (Å²) in [5.74, 6) is -0.831. The topological polar surface area (TPSA) is 81.9 Å². The molecule has 0 amide bonds. The normalized spacial score (nSPS) is 23.2. The SMILES string of the molecule is CC(=O)[O-].CC1(C)CC(=O)CC(C)(C)[NH+]1O. The number of Topliss-reactive ketones (excluding diaryl/α,β-unsaturated/α-hetero) is 1. The van der Waals surface area contributed by atoms with Crippen LogP contribution in [-0.4, -0.2) is 28.0 Å². The van der Waals surface area contributed by atoms with Crippen molar-refractivity contribution in [3.63, 3.8) is 0 Å². The van der Waals surface area contributed by atoms with Crippen molar-refractivity contribution < 1.29 is 25.0 Å². The molecule has 0 unspecified atom stereocenters. The molecule has 0 bridgehead atoms. The molecule has 94 valence electrons. The van der Waals surface area contributed by atoms with Crippen LogP contribution >= 0.6 is 0 Å². The predicted molar refractivity (Wildman–Crippen MR) is 55.8 cm³/mol. The van der Waals surface area contributed by atoms with Crippen LogP contribution in [0.1, 0.15) is 47.5 Å². The van der Waals surface area contributed by atoms with Gasteiger partial charge in [-0.25, -0.2) is 5.21 Å². The summed E-state index contributed by atoms with van der Waals surface area (Å²) in [6.45, 7) is 8.64. The van der Waals surface area contributed by atoms with Crippen molar-refractivity contribution in [2.75, 3.05) is 0 Å². The van der Waals surface area contributed by atoms with Gasteiger partial charge in [0.15, 0.2) is 0 Å². The number of piperidine rings is 1. The Bertz CT molecular complexity index is 260. The van der Waals surface area contributed by atoms with Crippen LogP contribution in [0.3, 0.4) is 0 Å². The number of carbonyl (C=O) groups is 2. The van der Waals surface area contributed by atoms with Gasteiger partial charge in [-0.05, 0) is 34.6 Å². The van der Waals surface area contributed by atoms with Crippen LogP contribution in [0.4, 0.5) is 0 Å². The summed E-state index contributed by atoms with van der Waals surface area (Å²) in [6.07, 6.45) is 0.949. The second-order valence-corrected chi connectivity index (χ2v) is 5.50. The molecule has 2 N–H and O–H groups in total. The molecule has 1 heterocycles. The summed E-state index contributed by atoms with van der Waals surface area (Å²) < 4.78 is 0. The maximum absolute atomic E-state index is 11.3. The lowest BCUT2D eigenvalue weighted by Gasteiger charge is -2.42. The van der Waals surface area contributed by atoms with Crippen LogP contribution < -0.4 is 10.2 Å². The fourth-order valence-corrected chi connectivity index (χ4v) is 2.13. The molecule has 0 radical (unpaired) electrons. The van der Waals surface area contributed by atoms with Gasteiger partial charge in [0.05, 0.1) is 12.8 Å². The summed E-state index contributed by atoms with van der Waals surface area (Å²) in [6, 6.07) is 0. The third kappa shape index (κ3) is 4.28. The van der Waals surface area contributed by atoms with E-state index < -0.39 is 5.97 Å². The molecule has 0 spiro atoms. The van der Waals surface area contributed by atoms with Crippen molar-refractivity contribution in [1.29, 1.82) is 0 Å². The van der Waals surface area contributed by atoms with E-state index in [1.165, 1.54) is 0 Å². The second kappa shape index (κ2) is 4.93. The van der Waals surface area contributed by atoms with E-state index in [-0.39, 0.29) is 16.9 Å². The smallest absolute Gasteiger partial charge is 0.145 e. The van der Waals surface area contributed by atoms with Crippen molar-refractivity contribution in [1.82, 2.24) is 0 Å². The van der Waals surface area contributed by atoms with E-state index in [0.717, 1.165) is 6.92 Å². The summed E-state index contributed by atoms with van der Waals surface area (Å²) >= 11 is 0. The third-order valence-corrected chi connectivity index (χ3v) is 2.56. The Kier molecular flexibility index (Phi) is 4.64. The maximum Gasteiger partial charge on any atom is 0.145 e. The fraction of sp³-hybridized carbons (Fsp3) is 0.818. The van der Waals surface area contributed by atoms with E-state index in [1.54, 1.807) is 0 Å². The predicted octanol–water partition coefficient (Wildman–Crippen LogP) is -1.06. The highest BCUT2D eigenvalue weighted by Gasteiger charge is 2.49. The number of carbonyl (C=O) groups excluding carboxylic acids is 2. The molecule has 0 aromatic rings. The molecular formula is C11H21NO4. The molecule has 0 aliphatic carbocycles. The first-order chi connectivity index (χ1) is 6.99. The minimum Gasteiger partial charge on any atom is -0.550 e. The van der Waals surface area contributed by atoms with Gasteiger partial charge in [-0.2, -0.15) is 5.06 Å². The minimum atomic E-state index is -1.08. The zero-order valence-corrected chi connectivity index (χ0v) is 10.6. The number of carboxylic acids is 1. The lowest BCUT2D eigenvalue weighted by atomic mass is 9.81. The van der Waals surface area contributed by atoms with Gasteiger partial charge in [-0.3, -0.25) is 4.79 Å². The average Bonchev–Trinajstić information content (AvgIpc) is 1.96. The van der Waals surface area contributed by atoms with Gasteiger partial charge >= 0.3 is 0 Å². The number of hydroxylamine groups is 2. The highest BCUT2D eigenvalue weighted by Crippen LogP contribution is 2.19. The monoisotopic (exact) mass is 231 g/mol. The zero-order valence-electron chi connectivity index (χ0n) is 10.6. The largest absolute Gasteiger partial charge is 0.550 e. The van der Waals surface area contributed by atoms with Gasteiger partial charge in [0.25, 0.3) is 0 Å². The highest BCUT2D eigenvalue weighted by molar-refractivity contribution is 5.80. The summed E-state index contributed by atoms with van der Waals surface area (Å²) in [5, 5.41) is 19.2.